The van der Waals surface area contributed by atoms with Crippen molar-refractivity contribution in [3.8, 4) is 44.5 Å². The molecule has 8 aromatic carbocycles. The van der Waals surface area contributed by atoms with Gasteiger partial charge in [0.25, 0.3) is 0 Å². The molecule has 0 N–H and O–H groups in total. The Labute approximate surface area is 257 Å². The Hall–Kier alpha value is -5.62. The van der Waals surface area contributed by atoms with Crippen LogP contribution in [0.4, 0.5) is 26.3 Å². The average molecular weight is 613 g/mol. The minimum absolute atomic E-state index is 0.130. The highest BCUT2D eigenvalue weighted by atomic mass is 19.2. The van der Waals surface area contributed by atoms with Crippen LogP contribution in [0, 0.1) is 34.9 Å². The lowest BCUT2D eigenvalue weighted by Gasteiger charge is -2.22. The average Bonchev–Trinajstić information content (AvgIpc) is 3.34. The molecule has 0 saturated carbocycles. The van der Waals surface area contributed by atoms with Gasteiger partial charge in [0.15, 0.2) is 0 Å². The molecule has 0 heterocycles. The molecule has 0 spiro atoms. The third-order valence-corrected chi connectivity index (χ3v) is 9.11. The van der Waals surface area contributed by atoms with E-state index in [1.165, 1.54) is 0 Å². The first-order valence-corrected chi connectivity index (χ1v) is 14.6. The molecule has 0 nitrogen and oxygen atoms in total. The van der Waals surface area contributed by atoms with Gasteiger partial charge in [-0.05, 0) is 83.5 Å². The zero-order valence-electron chi connectivity index (χ0n) is 23.7. The highest BCUT2D eigenvalue weighted by molar-refractivity contribution is 6.31. The van der Waals surface area contributed by atoms with Crippen molar-refractivity contribution in [3.63, 3.8) is 0 Å². The van der Waals surface area contributed by atoms with Gasteiger partial charge in [-0.3, -0.25) is 0 Å². The van der Waals surface area contributed by atoms with Gasteiger partial charge in [-0.2, -0.15) is 0 Å². The summed E-state index contributed by atoms with van der Waals surface area (Å²) in [5.74, 6) is -6.62. The van der Waals surface area contributed by atoms with E-state index in [0.29, 0.717) is 68.1 Å². The molecular weight excluding hydrogens is 594 g/mol. The maximum Gasteiger partial charge on any atom is 0.136 e. The van der Waals surface area contributed by atoms with Gasteiger partial charge in [-0.15, -0.1) is 0 Å². The quantitative estimate of drug-likeness (QED) is 0.104. The van der Waals surface area contributed by atoms with Crippen molar-refractivity contribution in [1.29, 1.82) is 0 Å². The fourth-order valence-corrected chi connectivity index (χ4v) is 7.36. The normalized spacial score (nSPS) is 12.1. The van der Waals surface area contributed by atoms with E-state index in [4.69, 9.17) is 0 Å². The van der Waals surface area contributed by atoms with E-state index in [-0.39, 0.29) is 11.1 Å². The summed E-state index contributed by atoms with van der Waals surface area (Å²) in [4.78, 5) is 0. The van der Waals surface area contributed by atoms with Crippen LogP contribution in [-0.2, 0) is 0 Å². The standard InChI is InChI=1S/C40H18F6/c41-22-15-30(43)39(31(44)16-22)36-27-12-19-6-1-2-7-20(19)13-28(27)37(40-32(45)17-23(42)18-33(40)46)38-29-14-21-8-3-4-9-24(21)25-10-5-11-26(34(25)29)35(36)38/h1-18H. The van der Waals surface area contributed by atoms with Gasteiger partial charge in [0.05, 0.1) is 11.1 Å². The van der Waals surface area contributed by atoms with Gasteiger partial charge < -0.3 is 0 Å². The maximum absolute atomic E-state index is 15.9. The molecule has 0 amide bonds. The molecule has 0 radical (unpaired) electrons. The summed E-state index contributed by atoms with van der Waals surface area (Å²) in [5.41, 5.74) is 1.25. The third kappa shape index (κ3) is 3.58. The number of benzene rings is 8. The number of fused-ring (bicyclic) bond motifs is 7. The summed E-state index contributed by atoms with van der Waals surface area (Å²) in [6.45, 7) is 0. The zero-order valence-corrected chi connectivity index (χ0v) is 23.7. The lowest BCUT2D eigenvalue weighted by Crippen LogP contribution is -2.01. The van der Waals surface area contributed by atoms with Crippen LogP contribution in [0.5, 0.6) is 0 Å². The fourth-order valence-electron chi connectivity index (χ4n) is 7.36. The van der Waals surface area contributed by atoms with E-state index in [9.17, 15) is 8.78 Å². The number of halogens is 6. The Morgan fingerprint density at radius 2 is 0.761 bits per heavy atom. The minimum atomic E-state index is -1.12. The predicted octanol–water partition coefficient (Wildman–Crippen LogP) is 12.1. The number of rotatable bonds is 2. The molecule has 9 rings (SSSR count). The Morgan fingerprint density at radius 1 is 0.304 bits per heavy atom. The van der Waals surface area contributed by atoms with Crippen LogP contribution in [0.15, 0.2) is 109 Å². The number of hydrogen-bond acceptors (Lipinski definition) is 0. The molecule has 1 aliphatic carbocycles. The van der Waals surface area contributed by atoms with Crippen LogP contribution in [0.25, 0.3) is 87.6 Å². The molecule has 0 atom stereocenters. The van der Waals surface area contributed by atoms with Gasteiger partial charge in [0.2, 0.25) is 0 Å². The summed E-state index contributed by atoms with van der Waals surface area (Å²) >= 11 is 0. The molecule has 6 heteroatoms. The Balaban J connectivity index is 1.62. The molecular formula is C40H18F6. The summed E-state index contributed by atoms with van der Waals surface area (Å²) in [5, 5.41) is 5.38. The predicted molar refractivity (Wildman–Crippen MR) is 172 cm³/mol. The largest absolute Gasteiger partial charge is 0.207 e. The molecule has 0 fully saturated rings. The van der Waals surface area contributed by atoms with Crippen molar-refractivity contribution in [2.45, 2.75) is 0 Å². The van der Waals surface area contributed by atoms with Crippen LogP contribution in [0.1, 0.15) is 0 Å². The molecule has 0 bridgehead atoms. The third-order valence-electron chi connectivity index (χ3n) is 9.11. The van der Waals surface area contributed by atoms with Crippen molar-refractivity contribution in [2.75, 3.05) is 0 Å². The Kier molecular flexibility index (Phi) is 5.49. The molecule has 220 valence electrons. The summed E-state index contributed by atoms with van der Waals surface area (Å²) in [7, 11) is 0. The first kappa shape index (κ1) is 26.8. The summed E-state index contributed by atoms with van der Waals surface area (Å²) < 4.78 is 92.3. The molecule has 0 aromatic heterocycles. The lowest BCUT2D eigenvalue weighted by molar-refractivity contribution is 0.547. The van der Waals surface area contributed by atoms with Crippen molar-refractivity contribution in [2.24, 2.45) is 0 Å². The van der Waals surface area contributed by atoms with E-state index in [0.717, 1.165) is 21.5 Å². The SMILES string of the molecule is Fc1cc(F)c(-c2c3c(c(-c4c(F)cc(F)cc4F)c4cc5ccccc5cc24)-c2cc4ccccc4c4cccc-3c24)c(F)c1. The second-order valence-corrected chi connectivity index (χ2v) is 11.6. The maximum atomic E-state index is 15.9. The second kappa shape index (κ2) is 9.44. The Morgan fingerprint density at radius 3 is 1.30 bits per heavy atom. The second-order valence-electron chi connectivity index (χ2n) is 11.6. The van der Waals surface area contributed by atoms with E-state index < -0.39 is 46.0 Å². The van der Waals surface area contributed by atoms with E-state index in [1.807, 2.05) is 72.8 Å². The van der Waals surface area contributed by atoms with Crippen molar-refractivity contribution in [1.82, 2.24) is 0 Å². The molecule has 0 aliphatic heterocycles. The van der Waals surface area contributed by atoms with Gasteiger partial charge in [-0.1, -0.05) is 66.7 Å². The first-order valence-electron chi connectivity index (χ1n) is 14.6. The summed E-state index contributed by atoms with van der Waals surface area (Å²) in [6, 6.07) is 28.4. The van der Waals surface area contributed by atoms with Gasteiger partial charge in [-0.25, -0.2) is 26.3 Å². The molecule has 0 unspecified atom stereocenters. The first-order chi connectivity index (χ1) is 22.3. The highest BCUT2D eigenvalue weighted by Gasteiger charge is 2.35. The van der Waals surface area contributed by atoms with Gasteiger partial charge in [0, 0.05) is 35.4 Å². The van der Waals surface area contributed by atoms with Crippen LogP contribution < -0.4 is 0 Å². The number of hydrogen-bond donors (Lipinski definition) is 0. The van der Waals surface area contributed by atoms with Gasteiger partial charge >= 0.3 is 0 Å². The molecule has 46 heavy (non-hydrogen) atoms. The van der Waals surface area contributed by atoms with Crippen LogP contribution >= 0.6 is 0 Å². The van der Waals surface area contributed by atoms with Crippen molar-refractivity contribution in [3.05, 3.63) is 144 Å². The van der Waals surface area contributed by atoms with Crippen LogP contribution in [0.2, 0.25) is 0 Å². The van der Waals surface area contributed by atoms with Gasteiger partial charge in [0.1, 0.15) is 34.9 Å². The van der Waals surface area contributed by atoms with E-state index >= 15 is 17.6 Å². The fraction of sp³-hybridized carbons (Fsp3) is 0. The topological polar surface area (TPSA) is 0 Å². The van der Waals surface area contributed by atoms with Crippen molar-refractivity contribution < 1.29 is 26.3 Å². The highest BCUT2D eigenvalue weighted by Crippen LogP contribution is 2.59. The molecule has 8 aromatic rings. The van der Waals surface area contributed by atoms with E-state index in [1.54, 1.807) is 12.1 Å². The minimum Gasteiger partial charge on any atom is -0.207 e. The molecule has 0 saturated heterocycles. The molecule has 1 aliphatic rings. The van der Waals surface area contributed by atoms with E-state index in [2.05, 4.69) is 0 Å². The lowest BCUT2D eigenvalue weighted by atomic mass is 9.81. The van der Waals surface area contributed by atoms with Crippen LogP contribution in [-0.4, -0.2) is 0 Å². The zero-order chi connectivity index (χ0) is 31.4. The summed E-state index contributed by atoms with van der Waals surface area (Å²) in [6.07, 6.45) is 0. The van der Waals surface area contributed by atoms with Crippen LogP contribution in [0.3, 0.4) is 0 Å². The Bertz CT molecular complexity index is 2610. The monoisotopic (exact) mass is 612 g/mol. The van der Waals surface area contributed by atoms with Crippen molar-refractivity contribution >= 4 is 43.1 Å². The smallest absolute Gasteiger partial charge is 0.136 e.